The van der Waals surface area contributed by atoms with E-state index in [2.05, 4.69) is 0 Å². The molecule has 21 heavy (non-hydrogen) atoms. The van der Waals surface area contributed by atoms with Crippen molar-refractivity contribution in [3.05, 3.63) is 62.1 Å². The highest BCUT2D eigenvalue weighted by Crippen LogP contribution is 2.31. The summed E-state index contributed by atoms with van der Waals surface area (Å²) in [6.45, 7) is 1.25. The molecule has 2 aromatic rings. The van der Waals surface area contributed by atoms with E-state index < -0.39 is 10.7 Å². The van der Waals surface area contributed by atoms with Gasteiger partial charge in [-0.15, -0.1) is 0 Å². The summed E-state index contributed by atoms with van der Waals surface area (Å²) >= 11 is 11.7. The Balaban J connectivity index is 2.39. The summed E-state index contributed by atoms with van der Waals surface area (Å²) < 4.78 is 5.52. The second kappa shape index (κ2) is 6.11. The molecule has 0 aliphatic carbocycles. The number of nitrogens with zero attached hydrogens (tertiary/aromatic N) is 1. The summed E-state index contributed by atoms with van der Waals surface area (Å²) in [7, 11) is 0. The van der Waals surface area contributed by atoms with Crippen LogP contribution in [0.15, 0.2) is 36.4 Å². The lowest BCUT2D eigenvalue weighted by atomic mass is 10.1. The molecule has 5 nitrogen and oxygen atoms in total. The molecule has 0 N–H and O–H groups in total. The third-order valence-corrected chi connectivity index (χ3v) is 3.05. The summed E-state index contributed by atoms with van der Waals surface area (Å²) in [5.74, 6) is 0.233. The second-order valence-electron chi connectivity index (χ2n) is 4.20. The fourth-order valence-corrected chi connectivity index (χ4v) is 2.25. The third kappa shape index (κ3) is 3.71. The summed E-state index contributed by atoms with van der Waals surface area (Å²) in [4.78, 5) is 21.7. The van der Waals surface area contributed by atoms with Gasteiger partial charge < -0.3 is 4.74 Å². The minimum Gasteiger partial charge on any atom is -0.457 e. The molecule has 108 valence electrons. The molecule has 0 spiro atoms. The van der Waals surface area contributed by atoms with Gasteiger partial charge in [0.1, 0.15) is 11.5 Å². The van der Waals surface area contributed by atoms with E-state index >= 15 is 0 Å². The molecule has 0 amide bonds. The first-order valence-corrected chi connectivity index (χ1v) is 6.56. The molecule has 0 bridgehead atoms. The van der Waals surface area contributed by atoms with Crippen molar-refractivity contribution in [2.75, 3.05) is 0 Å². The number of rotatable bonds is 4. The van der Waals surface area contributed by atoms with Crippen LogP contribution in [0.25, 0.3) is 0 Å². The maximum Gasteiger partial charge on any atom is 0.280 e. The van der Waals surface area contributed by atoms with Crippen LogP contribution in [0.4, 0.5) is 5.69 Å². The van der Waals surface area contributed by atoms with Gasteiger partial charge in [-0.3, -0.25) is 14.9 Å². The van der Waals surface area contributed by atoms with Gasteiger partial charge >= 0.3 is 0 Å². The van der Waals surface area contributed by atoms with E-state index in [9.17, 15) is 14.9 Å². The van der Waals surface area contributed by atoms with E-state index in [1.165, 1.54) is 25.1 Å². The topological polar surface area (TPSA) is 69.4 Å². The van der Waals surface area contributed by atoms with Crippen LogP contribution >= 0.6 is 23.2 Å². The number of Topliss-reactive ketones (excluding diaryl/α,β-unsaturated/α-hetero) is 1. The molecule has 7 heteroatoms. The standard InChI is InChI=1S/C14H9Cl2NO4/c1-8(18)13-7-11(2-3-14(13)17(19)20)21-12-5-9(15)4-10(16)6-12/h2-7H,1H3. The quantitative estimate of drug-likeness (QED) is 0.455. The number of benzene rings is 2. The van der Waals surface area contributed by atoms with Crippen LogP contribution in [-0.2, 0) is 0 Å². The van der Waals surface area contributed by atoms with E-state index in [0.29, 0.717) is 15.8 Å². The van der Waals surface area contributed by atoms with Crippen LogP contribution < -0.4 is 4.74 Å². The van der Waals surface area contributed by atoms with Gasteiger partial charge in [0.05, 0.1) is 10.5 Å². The van der Waals surface area contributed by atoms with Crippen LogP contribution in [0.3, 0.4) is 0 Å². The highest BCUT2D eigenvalue weighted by atomic mass is 35.5. The van der Waals surface area contributed by atoms with Gasteiger partial charge in [-0.05, 0) is 37.3 Å². The number of ether oxygens (including phenoxy) is 1. The number of hydrogen-bond acceptors (Lipinski definition) is 4. The summed E-state index contributed by atoms with van der Waals surface area (Å²) in [6.07, 6.45) is 0. The molecule has 0 aliphatic rings. The monoisotopic (exact) mass is 325 g/mol. The Morgan fingerprint density at radius 3 is 2.24 bits per heavy atom. The van der Waals surface area contributed by atoms with Gasteiger partial charge in [-0.2, -0.15) is 0 Å². The zero-order chi connectivity index (χ0) is 15.6. The minimum absolute atomic E-state index is 0.0226. The lowest BCUT2D eigenvalue weighted by Gasteiger charge is -2.08. The average molecular weight is 326 g/mol. The lowest BCUT2D eigenvalue weighted by molar-refractivity contribution is -0.385. The van der Waals surface area contributed by atoms with Gasteiger partial charge in [0.2, 0.25) is 0 Å². The van der Waals surface area contributed by atoms with Gasteiger partial charge in [-0.1, -0.05) is 23.2 Å². The molecule has 0 saturated carbocycles. The molecule has 0 heterocycles. The van der Waals surface area contributed by atoms with Crippen LogP contribution in [0.5, 0.6) is 11.5 Å². The molecule has 0 fully saturated rings. The molecule has 0 atom stereocenters. The number of ketones is 1. The molecule has 2 aromatic carbocycles. The largest absolute Gasteiger partial charge is 0.457 e. The Morgan fingerprint density at radius 2 is 1.71 bits per heavy atom. The first kappa shape index (κ1) is 15.3. The normalized spacial score (nSPS) is 10.2. The van der Waals surface area contributed by atoms with Crippen LogP contribution in [-0.4, -0.2) is 10.7 Å². The zero-order valence-electron chi connectivity index (χ0n) is 10.8. The SMILES string of the molecule is CC(=O)c1cc(Oc2cc(Cl)cc(Cl)c2)ccc1[N+](=O)[O-]. The van der Waals surface area contributed by atoms with E-state index in [1.54, 1.807) is 18.2 Å². The highest BCUT2D eigenvalue weighted by Gasteiger charge is 2.18. The predicted molar refractivity (Wildman–Crippen MR) is 79.6 cm³/mol. The fourth-order valence-electron chi connectivity index (χ4n) is 1.74. The maximum absolute atomic E-state index is 11.5. The van der Waals surface area contributed by atoms with E-state index in [4.69, 9.17) is 27.9 Å². The summed E-state index contributed by atoms with van der Waals surface area (Å²) in [6, 6.07) is 8.57. The summed E-state index contributed by atoms with van der Waals surface area (Å²) in [5, 5.41) is 11.7. The Morgan fingerprint density at radius 1 is 1.10 bits per heavy atom. The molecule has 0 unspecified atom stereocenters. The van der Waals surface area contributed by atoms with Crippen molar-refractivity contribution in [2.24, 2.45) is 0 Å². The van der Waals surface area contributed by atoms with Crippen molar-refractivity contribution in [1.29, 1.82) is 0 Å². The first-order chi connectivity index (χ1) is 9.86. The first-order valence-electron chi connectivity index (χ1n) is 5.80. The highest BCUT2D eigenvalue weighted by molar-refractivity contribution is 6.34. The smallest absolute Gasteiger partial charge is 0.280 e. The fraction of sp³-hybridized carbons (Fsp3) is 0.0714. The van der Waals surface area contributed by atoms with Gasteiger partial charge in [-0.25, -0.2) is 0 Å². The zero-order valence-corrected chi connectivity index (χ0v) is 12.3. The van der Waals surface area contributed by atoms with E-state index in [-0.39, 0.29) is 17.0 Å². The van der Waals surface area contributed by atoms with Gasteiger partial charge in [0, 0.05) is 16.1 Å². The number of nitro benzene ring substituents is 1. The predicted octanol–water partition coefficient (Wildman–Crippen LogP) is 4.90. The Labute approximate surface area is 130 Å². The number of nitro groups is 1. The molecule has 0 radical (unpaired) electrons. The van der Waals surface area contributed by atoms with Crippen molar-refractivity contribution in [2.45, 2.75) is 6.92 Å². The van der Waals surface area contributed by atoms with Crippen LogP contribution in [0.2, 0.25) is 10.0 Å². The van der Waals surface area contributed by atoms with Crippen molar-refractivity contribution in [3.8, 4) is 11.5 Å². The van der Waals surface area contributed by atoms with Crippen molar-refractivity contribution < 1.29 is 14.5 Å². The van der Waals surface area contributed by atoms with Crippen molar-refractivity contribution in [3.63, 3.8) is 0 Å². The van der Waals surface area contributed by atoms with E-state index in [1.807, 2.05) is 0 Å². The molecular weight excluding hydrogens is 317 g/mol. The Kier molecular flexibility index (Phi) is 4.45. The molecule has 2 rings (SSSR count). The van der Waals surface area contributed by atoms with E-state index in [0.717, 1.165) is 0 Å². The van der Waals surface area contributed by atoms with Crippen LogP contribution in [0.1, 0.15) is 17.3 Å². The number of hydrogen-bond donors (Lipinski definition) is 0. The van der Waals surface area contributed by atoms with Crippen molar-refractivity contribution in [1.82, 2.24) is 0 Å². The molecule has 0 saturated heterocycles. The number of carbonyl (C=O) groups is 1. The number of carbonyl (C=O) groups excluding carboxylic acids is 1. The second-order valence-corrected chi connectivity index (χ2v) is 5.07. The molecular formula is C14H9Cl2NO4. The Hall–Kier alpha value is -2.11. The maximum atomic E-state index is 11.5. The minimum atomic E-state index is -0.614. The molecule has 0 aromatic heterocycles. The lowest BCUT2D eigenvalue weighted by Crippen LogP contribution is -2.00. The Bertz CT molecular complexity index is 711. The van der Waals surface area contributed by atoms with Gasteiger partial charge in [0.25, 0.3) is 5.69 Å². The van der Waals surface area contributed by atoms with Gasteiger partial charge in [0.15, 0.2) is 5.78 Å². The third-order valence-electron chi connectivity index (χ3n) is 2.62. The molecule has 0 aliphatic heterocycles. The number of halogens is 2. The average Bonchev–Trinajstić information content (AvgIpc) is 2.36. The van der Waals surface area contributed by atoms with Crippen LogP contribution in [0, 0.1) is 10.1 Å². The van der Waals surface area contributed by atoms with Crippen molar-refractivity contribution >= 4 is 34.7 Å². The summed E-state index contributed by atoms with van der Waals surface area (Å²) in [5.41, 5.74) is -0.287.